The van der Waals surface area contributed by atoms with Crippen LogP contribution in [-0.4, -0.2) is 32.1 Å². The van der Waals surface area contributed by atoms with Gasteiger partial charge in [-0.15, -0.1) is 0 Å². The Morgan fingerprint density at radius 2 is 2.32 bits per heavy atom. The van der Waals surface area contributed by atoms with Gasteiger partial charge in [-0.1, -0.05) is 0 Å². The largest absolute Gasteiger partial charge is 0.368 e. The quantitative estimate of drug-likeness (QED) is 0.814. The number of nitrogens with one attached hydrogen (secondary N) is 2. The van der Waals surface area contributed by atoms with Crippen molar-refractivity contribution in [1.29, 1.82) is 0 Å². The lowest BCUT2D eigenvalue weighted by Gasteiger charge is -2.24. The summed E-state index contributed by atoms with van der Waals surface area (Å²) in [6.07, 6.45) is 3.06. The molecule has 0 bridgehead atoms. The zero-order chi connectivity index (χ0) is 13.2. The number of rotatable bonds is 3. The first kappa shape index (κ1) is 12.4. The fourth-order valence-electron chi connectivity index (χ4n) is 3.21. The number of halogens is 1. The first-order chi connectivity index (χ1) is 9.28. The molecule has 3 rings (SSSR count). The number of piperidine rings is 1. The van der Waals surface area contributed by atoms with Crippen molar-refractivity contribution in [2.45, 2.75) is 18.9 Å². The molecule has 2 atom stereocenters. The third kappa shape index (κ3) is 2.42. The minimum absolute atomic E-state index is 0.331. The lowest BCUT2D eigenvalue weighted by atomic mass is 9.94. The van der Waals surface area contributed by atoms with Crippen LogP contribution >= 0.6 is 0 Å². The summed E-state index contributed by atoms with van der Waals surface area (Å²) in [7, 11) is 0. The summed E-state index contributed by atoms with van der Waals surface area (Å²) < 4.78 is 13.3. The van der Waals surface area contributed by atoms with Gasteiger partial charge in [-0.25, -0.2) is 4.39 Å². The van der Waals surface area contributed by atoms with Crippen molar-refractivity contribution in [3.05, 3.63) is 24.0 Å². The SMILES string of the molecule is O=CNc1cc(F)ccc1N1CC2CCCNC2C1. The average Bonchev–Trinajstić information content (AvgIpc) is 2.82. The predicted molar refractivity (Wildman–Crippen MR) is 72.8 cm³/mol. The minimum atomic E-state index is -0.331. The molecule has 2 saturated heterocycles. The summed E-state index contributed by atoms with van der Waals surface area (Å²) >= 11 is 0. The van der Waals surface area contributed by atoms with Gasteiger partial charge in [-0.2, -0.15) is 0 Å². The molecule has 1 aromatic carbocycles. The summed E-state index contributed by atoms with van der Waals surface area (Å²) in [5.74, 6) is 0.325. The zero-order valence-electron chi connectivity index (χ0n) is 10.7. The molecule has 0 radical (unpaired) electrons. The lowest BCUT2D eigenvalue weighted by Crippen LogP contribution is -2.40. The molecule has 2 aliphatic rings. The van der Waals surface area contributed by atoms with Crippen molar-refractivity contribution in [3.63, 3.8) is 0 Å². The molecule has 2 aliphatic heterocycles. The maximum atomic E-state index is 13.3. The molecule has 1 aromatic rings. The summed E-state index contributed by atoms with van der Waals surface area (Å²) in [5, 5.41) is 6.13. The number of carbonyl (C=O) groups is 1. The molecule has 5 heteroatoms. The highest BCUT2D eigenvalue weighted by molar-refractivity contribution is 5.81. The Kier molecular flexibility index (Phi) is 3.38. The molecule has 0 aliphatic carbocycles. The van der Waals surface area contributed by atoms with Crippen molar-refractivity contribution < 1.29 is 9.18 Å². The van der Waals surface area contributed by atoms with Crippen LogP contribution < -0.4 is 15.5 Å². The highest BCUT2D eigenvalue weighted by Gasteiger charge is 2.34. The van der Waals surface area contributed by atoms with E-state index in [0.717, 1.165) is 25.3 Å². The second kappa shape index (κ2) is 5.17. The number of nitrogens with zero attached hydrogens (tertiary/aromatic N) is 1. The van der Waals surface area contributed by atoms with Crippen molar-refractivity contribution in [3.8, 4) is 0 Å². The summed E-state index contributed by atoms with van der Waals surface area (Å²) in [4.78, 5) is 12.9. The van der Waals surface area contributed by atoms with Crippen molar-refractivity contribution in [1.82, 2.24) is 5.32 Å². The van der Waals surface area contributed by atoms with E-state index in [1.54, 1.807) is 6.07 Å². The first-order valence-electron chi connectivity index (χ1n) is 6.76. The Bertz CT molecular complexity index is 466. The van der Waals surface area contributed by atoms with Crippen LogP contribution in [0.15, 0.2) is 18.2 Å². The van der Waals surface area contributed by atoms with Crippen LogP contribution in [0.4, 0.5) is 15.8 Å². The van der Waals surface area contributed by atoms with E-state index < -0.39 is 0 Å². The highest BCUT2D eigenvalue weighted by atomic mass is 19.1. The molecule has 2 unspecified atom stereocenters. The standard InChI is InChI=1S/C14H18FN3O/c15-11-3-4-14(12(6-11)17-9-19)18-7-10-2-1-5-16-13(10)8-18/h3-4,6,9-10,13,16H,1-2,5,7-8H2,(H,17,19). The fourth-order valence-corrected chi connectivity index (χ4v) is 3.21. The van der Waals surface area contributed by atoms with Crippen LogP contribution in [0.1, 0.15) is 12.8 Å². The van der Waals surface area contributed by atoms with Gasteiger partial charge in [-0.3, -0.25) is 4.79 Å². The zero-order valence-corrected chi connectivity index (χ0v) is 10.7. The number of carbonyl (C=O) groups excluding carboxylic acids is 1. The molecule has 0 saturated carbocycles. The summed E-state index contributed by atoms with van der Waals surface area (Å²) in [6.45, 7) is 2.97. The molecule has 0 aromatic heterocycles. The van der Waals surface area contributed by atoms with Gasteiger partial charge < -0.3 is 15.5 Å². The number of anilines is 2. The number of fused-ring (bicyclic) bond motifs is 1. The molecule has 102 valence electrons. The third-order valence-corrected chi connectivity index (χ3v) is 4.11. The smallest absolute Gasteiger partial charge is 0.211 e. The van der Waals surface area contributed by atoms with E-state index in [2.05, 4.69) is 15.5 Å². The minimum Gasteiger partial charge on any atom is -0.368 e. The summed E-state index contributed by atoms with van der Waals surface area (Å²) in [5.41, 5.74) is 1.46. The van der Waals surface area contributed by atoms with Crippen LogP contribution in [0.25, 0.3) is 0 Å². The molecular formula is C14H18FN3O. The van der Waals surface area contributed by atoms with E-state index in [4.69, 9.17) is 0 Å². The third-order valence-electron chi connectivity index (χ3n) is 4.11. The molecule has 19 heavy (non-hydrogen) atoms. The molecule has 1 amide bonds. The van der Waals surface area contributed by atoms with E-state index in [0.29, 0.717) is 24.1 Å². The Morgan fingerprint density at radius 1 is 1.42 bits per heavy atom. The van der Waals surface area contributed by atoms with Gasteiger partial charge in [0.2, 0.25) is 6.41 Å². The Balaban J connectivity index is 1.84. The second-order valence-electron chi connectivity index (χ2n) is 5.29. The van der Waals surface area contributed by atoms with Crippen molar-refractivity contribution in [2.24, 2.45) is 5.92 Å². The maximum Gasteiger partial charge on any atom is 0.211 e. The molecule has 0 spiro atoms. The van der Waals surface area contributed by atoms with Gasteiger partial charge in [-0.05, 0) is 43.5 Å². The van der Waals surface area contributed by atoms with Gasteiger partial charge in [0.1, 0.15) is 5.82 Å². The van der Waals surface area contributed by atoms with E-state index >= 15 is 0 Å². The van der Waals surface area contributed by atoms with Gasteiger partial charge in [0.05, 0.1) is 11.4 Å². The van der Waals surface area contributed by atoms with Gasteiger partial charge in [0.25, 0.3) is 0 Å². The van der Waals surface area contributed by atoms with Gasteiger partial charge >= 0.3 is 0 Å². The van der Waals surface area contributed by atoms with Crippen LogP contribution in [0, 0.1) is 11.7 Å². The average molecular weight is 263 g/mol. The van der Waals surface area contributed by atoms with E-state index in [9.17, 15) is 9.18 Å². The predicted octanol–water partition coefficient (Wildman–Crippen LogP) is 1.58. The van der Waals surface area contributed by atoms with Crippen molar-refractivity contribution in [2.75, 3.05) is 29.9 Å². The molecule has 2 N–H and O–H groups in total. The van der Waals surface area contributed by atoms with E-state index in [1.165, 1.54) is 25.0 Å². The van der Waals surface area contributed by atoms with Crippen LogP contribution in [0.2, 0.25) is 0 Å². The Morgan fingerprint density at radius 3 is 3.11 bits per heavy atom. The molecular weight excluding hydrogens is 245 g/mol. The highest BCUT2D eigenvalue weighted by Crippen LogP contribution is 2.33. The second-order valence-corrected chi connectivity index (χ2v) is 5.29. The Labute approximate surface area is 112 Å². The van der Waals surface area contributed by atoms with E-state index in [-0.39, 0.29) is 5.82 Å². The van der Waals surface area contributed by atoms with Crippen LogP contribution in [0.3, 0.4) is 0 Å². The van der Waals surface area contributed by atoms with Crippen LogP contribution in [0.5, 0.6) is 0 Å². The van der Waals surface area contributed by atoms with Gasteiger partial charge in [0, 0.05) is 19.1 Å². The number of benzene rings is 1. The number of hydrogen-bond acceptors (Lipinski definition) is 3. The molecule has 2 heterocycles. The maximum absolute atomic E-state index is 13.3. The normalized spacial score (nSPS) is 26.1. The van der Waals surface area contributed by atoms with Crippen LogP contribution in [-0.2, 0) is 4.79 Å². The number of amides is 1. The fraction of sp³-hybridized carbons (Fsp3) is 0.500. The van der Waals surface area contributed by atoms with Gasteiger partial charge in [0.15, 0.2) is 0 Å². The summed E-state index contributed by atoms with van der Waals surface area (Å²) in [6, 6.07) is 5.08. The molecule has 4 nitrogen and oxygen atoms in total. The monoisotopic (exact) mass is 263 g/mol. The molecule has 2 fully saturated rings. The first-order valence-corrected chi connectivity index (χ1v) is 6.76. The topological polar surface area (TPSA) is 44.4 Å². The lowest BCUT2D eigenvalue weighted by molar-refractivity contribution is -0.105. The number of hydrogen-bond donors (Lipinski definition) is 2. The van der Waals surface area contributed by atoms with E-state index in [1.807, 2.05) is 0 Å². The Hall–Kier alpha value is -1.62. The van der Waals surface area contributed by atoms with Crippen molar-refractivity contribution >= 4 is 17.8 Å².